The summed E-state index contributed by atoms with van der Waals surface area (Å²) in [6.07, 6.45) is 1.52. The minimum absolute atomic E-state index is 0.0205. The van der Waals surface area contributed by atoms with Crippen LogP contribution in [0.4, 0.5) is 17.3 Å². The maximum absolute atomic E-state index is 11.8. The Kier molecular flexibility index (Phi) is 5.13. The minimum Gasteiger partial charge on any atom is -0.341 e. The van der Waals surface area contributed by atoms with Gasteiger partial charge in [-0.15, -0.1) is 0 Å². The lowest BCUT2D eigenvalue weighted by Gasteiger charge is -2.11. The molecule has 1 amide bonds. The zero-order chi connectivity index (χ0) is 22.2. The van der Waals surface area contributed by atoms with Gasteiger partial charge in [0.2, 0.25) is 21.9 Å². The number of hydrogen-bond acceptors (Lipinski definition) is 7. The van der Waals surface area contributed by atoms with E-state index >= 15 is 0 Å². The summed E-state index contributed by atoms with van der Waals surface area (Å²) in [6, 6.07) is 12.0. The summed E-state index contributed by atoms with van der Waals surface area (Å²) in [7, 11) is -3.87. The van der Waals surface area contributed by atoms with E-state index in [-0.39, 0.29) is 16.8 Å². The van der Waals surface area contributed by atoms with Crippen LogP contribution in [-0.2, 0) is 14.8 Å². The molecule has 4 rings (SSSR count). The number of aromatic nitrogens is 4. The molecule has 0 aliphatic carbocycles. The van der Waals surface area contributed by atoms with E-state index in [1.807, 2.05) is 12.1 Å². The Labute approximate surface area is 178 Å². The van der Waals surface area contributed by atoms with Crippen LogP contribution in [0.25, 0.3) is 22.4 Å². The molecule has 31 heavy (non-hydrogen) atoms. The second-order valence-corrected chi connectivity index (χ2v) is 8.44. The fraction of sp³-hybridized carbons (Fsp3) is 0.100. The second-order valence-electron chi connectivity index (χ2n) is 6.91. The number of benzene rings is 2. The number of hydrogen-bond donors (Lipinski definition) is 4. The molecule has 11 heteroatoms. The molecular weight excluding hydrogens is 418 g/mol. The van der Waals surface area contributed by atoms with Crippen LogP contribution in [0, 0.1) is 6.92 Å². The van der Waals surface area contributed by atoms with E-state index in [2.05, 4.69) is 30.6 Å². The van der Waals surface area contributed by atoms with E-state index in [0.717, 1.165) is 5.56 Å². The van der Waals surface area contributed by atoms with Gasteiger partial charge in [-0.2, -0.15) is 4.98 Å². The zero-order valence-corrected chi connectivity index (χ0v) is 17.5. The van der Waals surface area contributed by atoms with Crippen molar-refractivity contribution in [1.29, 1.82) is 0 Å². The van der Waals surface area contributed by atoms with Gasteiger partial charge in [0.1, 0.15) is 11.2 Å². The highest BCUT2D eigenvalue weighted by atomic mass is 32.2. The number of fused-ring (bicyclic) bond motifs is 1. The summed E-state index contributed by atoms with van der Waals surface area (Å²) in [5.41, 5.74) is 4.14. The van der Waals surface area contributed by atoms with Crippen molar-refractivity contribution in [3.05, 3.63) is 54.4 Å². The van der Waals surface area contributed by atoms with Gasteiger partial charge in [0.15, 0.2) is 5.65 Å². The van der Waals surface area contributed by atoms with Crippen molar-refractivity contribution < 1.29 is 13.2 Å². The quantitative estimate of drug-likeness (QED) is 0.374. The number of nitrogens with two attached hydrogens (primary N) is 1. The number of amides is 1. The molecule has 0 saturated heterocycles. The molecule has 0 unspecified atom stereocenters. The Morgan fingerprint density at radius 3 is 2.45 bits per heavy atom. The largest absolute Gasteiger partial charge is 0.341 e. The molecule has 0 radical (unpaired) electrons. The van der Waals surface area contributed by atoms with Crippen LogP contribution in [0.3, 0.4) is 0 Å². The molecule has 0 bridgehead atoms. The first-order valence-corrected chi connectivity index (χ1v) is 10.7. The molecule has 0 atom stereocenters. The molecule has 0 aliphatic heterocycles. The SMILES string of the molecule is CC(=O)Nc1ccc(-c2nc(Nc3ccc(C)c(S(N)(=O)=O)c3)nc3nc[nH]c23)cc1. The van der Waals surface area contributed by atoms with Gasteiger partial charge in [-0.05, 0) is 36.8 Å². The van der Waals surface area contributed by atoms with Gasteiger partial charge >= 0.3 is 0 Å². The predicted molar refractivity (Wildman–Crippen MR) is 117 cm³/mol. The molecular formula is C20H19N7O3S. The van der Waals surface area contributed by atoms with Crippen molar-refractivity contribution in [3.63, 3.8) is 0 Å². The number of primary sulfonamides is 1. The second kappa shape index (κ2) is 7.78. The van der Waals surface area contributed by atoms with Crippen molar-refractivity contribution in [1.82, 2.24) is 19.9 Å². The topological polar surface area (TPSA) is 156 Å². The highest BCUT2D eigenvalue weighted by Gasteiger charge is 2.15. The molecule has 2 aromatic carbocycles. The zero-order valence-electron chi connectivity index (χ0n) is 16.7. The lowest BCUT2D eigenvalue weighted by molar-refractivity contribution is -0.114. The first-order valence-electron chi connectivity index (χ1n) is 9.20. The van der Waals surface area contributed by atoms with E-state index in [9.17, 15) is 13.2 Å². The van der Waals surface area contributed by atoms with E-state index in [1.165, 1.54) is 19.3 Å². The molecule has 0 spiro atoms. The predicted octanol–water partition coefficient (Wildman–Crippen LogP) is 2.68. The maximum Gasteiger partial charge on any atom is 0.238 e. The summed E-state index contributed by atoms with van der Waals surface area (Å²) in [5.74, 6) is 0.0824. The summed E-state index contributed by atoms with van der Waals surface area (Å²) in [6.45, 7) is 3.11. The van der Waals surface area contributed by atoms with Crippen molar-refractivity contribution in [2.75, 3.05) is 10.6 Å². The number of aryl methyl sites for hydroxylation is 1. The van der Waals surface area contributed by atoms with Crippen molar-refractivity contribution in [3.8, 4) is 11.3 Å². The van der Waals surface area contributed by atoms with Crippen LogP contribution in [0.5, 0.6) is 0 Å². The number of rotatable bonds is 5. The maximum atomic E-state index is 11.8. The number of H-pyrrole nitrogens is 1. The van der Waals surface area contributed by atoms with E-state index < -0.39 is 10.0 Å². The van der Waals surface area contributed by atoms with Gasteiger partial charge in [0, 0.05) is 23.9 Å². The number of anilines is 3. The van der Waals surface area contributed by atoms with Crippen LogP contribution in [0.15, 0.2) is 53.7 Å². The summed E-state index contributed by atoms with van der Waals surface area (Å²) < 4.78 is 23.6. The smallest absolute Gasteiger partial charge is 0.238 e. The number of carbonyl (C=O) groups excluding carboxylic acids is 1. The third-order valence-electron chi connectivity index (χ3n) is 4.52. The molecule has 0 aliphatic rings. The number of sulfonamides is 1. The summed E-state index contributed by atoms with van der Waals surface area (Å²) in [5, 5.41) is 11.0. The van der Waals surface area contributed by atoms with Gasteiger partial charge in [0.25, 0.3) is 0 Å². The van der Waals surface area contributed by atoms with Crippen LogP contribution in [0.2, 0.25) is 0 Å². The normalized spacial score (nSPS) is 11.5. The Morgan fingerprint density at radius 2 is 1.77 bits per heavy atom. The van der Waals surface area contributed by atoms with Crippen LogP contribution in [0.1, 0.15) is 12.5 Å². The first kappa shape index (κ1) is 20.4. The van der Waals surface area contributed by atoms with Crippen molar-refractivity contribution >= 4 is 44.4 Å². The van der Waals surface area contributed by atoms with Gasteiger partial charge in [-0.3, -0.25) is 4.79 Å². The first-order chi connectivity index (χ1) is 14.7. The van der Waals surface area contributed by atoms with Crippen molar-refractivity contribution in [2.24, 2.45) is 5.14 Å². The number of aromatic amines is 1. The standard InChI is InChI=1S/C20H19N7O3S/c1-11-3-6-15(9-16(11)31(21,29)30)25-20-26-17(18-19(27-20)23-10-22-18)13-4-7-14(8-5-13)24-12(2)28/h3-10H,1-2H3,(H,24,28)(H2,21,29,30)(H2,22,23,25,26,27). The monoisotopic (exact) mass is 437 g/mol. The van der Waals surface area contributed by atoms with E-state index in [4.69, 9.17) is 5.14 Å². The Balaban J connectivity index is 1.74. The fourth-order valence-electron chi connectivity index (χ4n) is 3.13. The molecule has 5 N–H and O–H groups in total. The molecule has 2 aromatic heterocycles. The number of nitrogens with one attached hydrogen (secondary N) is 3. The molecule has 0 saturated carbocycles. The summed E-state index contributed by atoms with van der Waals surface area (Å²) >= 11 is 0. The highest BCUT2D eigenvalue weighted by Crippen LogP contribution is 2.28. The van der Waals surface area contributed by atoms with Gasteiger partial charge in [-0.25, -0.2) is 23.5 Å². The third-order valence-corrected chi connectivity index (χ3v) is 5.57. The Morgan fingerprint density at radius 1 is 1.06 bits per heavy atom. The fourth-order valence-corrected chi connectivity index (χ4v) is 3.93. The lowest BCUT2D eigenvalue weighted by Crippen LogP contribution is -2.14. The number of nitrogens with zero attached hydrogens (tertiary/aromatic N) is 3. The third kappa shape index (κ3) is 4.37. The van der Waals surface area contributed by atoms with Crippen LogP contribution < -0.4 is 15.8 Å². The molecule has 10 nitrogen and oxygen atoms in total. The van der Waals surface area contributed by atoms with E-state index in [1.54, 1.807) is 31.2 Å². The summed E-state index contributed by atoms with van der Waals surface area (Å²) in [4.78, 5) is 27.5. The average molecular weight is 437 g/mol. The molecule has 2 heterocycles. The van der Waals surface area contributed by atoms with Gasteiger partial charge in [0.05, 0.1) is 11.2 Å². The van der Waals surface area contributed by atoms with Gasteiger partial charge in [-0.1, -0.05) is 18.2 Å². The molecule has 158 valence electrons. The van der Waals surface area contributed by atoms with Crippen LogP contribution in [-0.4, -0.2) is 34.3 Å². The molecule has 4 aromatic rings. The number of carbonyl (C=O) groups is 1. The average Bonchev–Trinajstić information content (AvgIpc) is 3.17. The Bertz CT molecular complexity index is 1400. The minimum atomic E-state index is -3.87. The van der Waals surface area contributed by atoms with E-state index in [0.29, 0.717) is 33.8 Å². The van der Waals surface area contributed by atoms with Crippen LogP contribution >= 0.6 is 0 Å². The molecule has 0 fully saturated rings. The number of imidazole rings is 1. The highest BCUT2D eigenvalue weighted by molar-refractivity contribution is 7.89. The lowest BCUT2D eigenvalue weighted by atomic mass is 10.1. The van der Waals surface area contributed by atoms with Crippen molar-refractivity contribution in [2.45, 2.75) is 18.7 Å². The Hall–Kier alpha value is -3.83. The van der Waals surface area contributed by atoms with Gasteiger partial charge < -0.3 is 15.6 Å².